The molecule has 6 nitrogen and oxygen atoms in total. The molecule has 0 saturated carbocycles. The smallest absolute Gasteiger partial charge is 0.323 e. The third-order valence-electron chi connectivity index (χ3n) is 2.40. The third kappa shape index (κ3) is 4.06. The minimum absolute atomic E-state index is 0.0231. The van der Waals surface area contributed by atoms with Crippen LogP contribution in [0, 0.1) is 6.92 Å². The van der Waals surface area contributed by atoms with E-state index < -0.39 is 0 Å². The molecule has 0 saturated heterocycles. The molecule has 0 bridgehead atoms. The molecule has 0 aliphatic rings. The van der Waals surface area contributed by atoms with Gasteiger partial charge in [0.2, 0.25) is 11.9 Å². The highest BCUT2D eigenvalue weighted by atomic mass is 32.1. The second-order valence-corrected chi connectivity index (χ2v) is 5.92. The predicted octanol–water partition coefficient (Wildman–Crippen LogP) is 2.68. The molecule has 0 fully saturated rings. The lowest BCUT2D eigenvalue weighted by atomic mass is 10.4. The van der Waals surface area contributed by atoms with Crippen molar-refractivity contribution >= 4 is 23.2 Å². The molecule has 0 aromatic carbocycles. The molecule has 2 heterocycles. The van der Waals surface area contributed by atoms with Gasteiger partial charge in [0.25, 0.3) is 0 Å². The Hall–Kier alpha value is -1.89. The lowest BCUT2D eigenvalue weighted by molar-refractivity contribution is 0.222. The number of aryl methyl sites for hydroxylation is 1. The number of nitrogens with one attached hydrogen (secondary N) is 2. The molecule has 2 rings (SSSR count). The van der Waals surface area contributed by atoms with E-state index in [1.807, 2.05) is 13.8 Å². The molecule has 2 N–H and O–H groups in total. The van der Waals surface area contributed by atoms with E-state index in [1.165, 1.54) is 9.75 Å². The van der Waals surface area contributed by atoms with Gasteiger partial charge in [0.15, 0.2) is 0 Å². The summed E-state index contributed by atoms with van der Waals surface area (Å²) >= 11 is 1.75. The van der Waals surface area contributed by atoms with Crippen molar-refractivity contribution in [3.63, 3.8) is 0 Å². The van der Waals surface area contributed by atoms with E-state index in [1.54, 1.807) is 18.4 Å². The molecular formula is C13H19N5OS. The van der Waals surface area contributed by atoms with E-state index in [0.29, 0.717) is 24.5 Å². The maximum Gasteiger partial charge on any atom is 0.323 e. The topological polar surface area (TPSA) is 72.0 Å². The molecule has 0 atom stereocenters. The van der Waals surface area contributed by atoms with Gasteiger partial charge in [0.1, 0.15) is 0 Å². The molecule has 2 aromatic rings. The Bertz CT molecular complexity index is 570. The highest BCUT2D eigenvalue weighted by Crippen LogP contribution is 2.17. The quantitative estimate of drug-likeness (QED) is 0.853. The fourth-order valence-electron chi connectivity index (χ4n) is 1.56. The molecule has 0 unspecified atom stereocenters. The minimum Gasteiger partial charge on any atom is -0.461 e. The van der Waals surface area contributed by atoms with E-state index in [9.17, 15) is 0 Å². The van der Waals surface area contributed by atoms with Gasteiger partial charge in [-0.15, -0.1) is 11.3 Å². The van der Waals surface area contributed by atoms with Crippen molar-refractivity contribution in [2.75, 3.05) is 17.7 Å². The van der Waals surface area contributed by atoms with E-state index in [4.69, 9.17) is 4.74 Å². The van der Waals surface area contributed by atoms with Crippen LogP contribution in [0.1, 0.15) is 23.6 Å². The first-order valence-corrected chi connectivity index (χ1v) is 7.28. The fourth-order valence-corrected chi connectivity index (χ4v) is 2.39. The van der Waals surface area contributed by atoms with E-state index in [0.717, 1.165) is 0 Å². The maximum atomic E-state index is 5.51. The summed E-state index contributed by atoms with van der Waals surface area (Å²) in [5, 5.41) is 6.09. The van der Waals surface area contributed by atoms with Gasteiger partial charge in [-0.05, 0) is 32.9 Å². The number of hydrogen-bond acceptors (Lipinski definition) is 7. The van der Waals surface area contributed by atoms with Crippen molar-refractivity contribution in [1.29, 1.82) is 0 Å². The summed E-state index contributed by atoms with van der Waals surface area (Å²) in [5.41, 5.74) is 0. The van der Waals surface area contributed by atoms with Crippen LogP contribution in [0.4, 0.5) is 11.9 Å². The third-order valence-corrected chi connectivity index (χ3v) is 3.40. The van der Waals surface area contributed by atoms with Crippen molar-refractivity contribution in [1.82, 2.24) is 15.0 Å². The summed E-state index contributed by atoms with van der Waals surface area (Å²) < 4.78 is 5.51. The first-order valence-electron chi connectivity index (χ1n) is 6.46. The molecule has 0 amide bonds. The van der Waals surface area contributed by atoms with E-state index in [2.05, 4.69) is 44.6 Å². The first kappa shape index (κ1) is 14.5. The number of nitrogens with zero attached hydrogens (tertiary/aromatic N) is 3. The van der Waals surface area contributed by atoms with Gasteiger partial charge in [-0.2, -0.15) is 15.0 Å². The van der Waals surface area contributed by atoms with Crippen LogP contribution in [-0.2, 0) is 6.54 Å². The number of aromatic nitrogens is 3. The Morgan fingerprint density at radius 1 is 1.20 bits per heavy atom. The van der Waals surface area contributed by atoms with Crippen LogP contribution in [0.2, 0.25) is 0 Å². The number of ether oxygens (including phenoxy) is 1. The van der Waals surface area contributed by atoms with Gasteiger partial charge < -0.3 is 15.4 Å². The van der Waals surface area contributed by atoms with Crippen LogP contribution < -0.4 is 15.4 Å². The molecule has 20 heavy (non-hydrogen) atoms. The summed E-state index contributed by atoms with van der Waals surface area (Å²) in [5.74, 6) is 0.992. The van der Waals surface area contributed by atoms with Gasteiger partial charge >= 0.3 is 6.01 Å². The zero-order chi connectivity index (χ0) is 14.5. The number of rotatable bonds is 6. The molecule has 0 radical (unpaired) electrons. The van der Waals surface area contributed by atoms with E-state index >= 15 is 0 Å². The van der Waals surface area contributed by atoms with Gasteiger partial charge in [-0.1, -0.05) is 0 Å². The second kappa shape index (κ2) is 6.51. The highest BCUT2D eigenvalue weighted by Gasteiger charge is 2.08. The van der Waals surface area contributed by atoms with Crippen LogP contribution >= 0.6 is 11.3 Å². The average Bonchev–Trinajstić information content (AvgIpc) is 2.81. The summed E-state index contributed by atoms with van der Waals surface area (Å²) in [6, 6.07) is 4.52. The highest BCUT2D eigenvalue weighted by molar-refractivity contribution is 7.11. The summed E-state index contributed by atoms with van der Waals surface area (Å²) in [7, 11) is 1.76. The zero-order valence-electron chi connectivity index (χ0n) is 12.1. The summed E-state index contributed by atoms with van der Waals surface area (Å²) in [6.45, 7) is 6.65. The molecular weight excluding hydrogens is 274 g/mol. The molecule has 0 spiro atoms. The largest absolute Gasteiger partial charge is 0.461 e. The first-order chi connectivity index (χ1) is 9.56. The van der Waals surface area contributed by atoms with Gasteiger partial charge in [0, 0.05) is 16.8 Å². The summed E-state index contributed by atoms with van der Waals surface area (Å²) in [6.07, 6.45) is 0.0231. The van der Waals surface area contributed by atoms with Gasteiger partial charge in [-0.25, -0.2) is 0 Å². The Morgan fingerprint density at radius 3 is 2.55 bits per heavy atom. The van der Waals surface area contributed by atoms with Crippen LogP contribution in [0.5, 0.6) is 6.01 Å². The number of anilines is 2. The van der Waals surface area contributed by atoms with Gasteiger partial charge in [-0.3, -0.25) is 0 Å². The van der Waals surface area contributed by atoms with Crippen molar-refractivity contribution < 1.29 is 4.74 Å². The van der Waals surface area contributed by atoms with Crippen molar-refractivity contribution in [2.24, 2.45) is 0 Å². The fraction of sp³-hybridized carbons (Fsp3) is 0.462. The molecule has 0 aliphatic heterocycles. The lowest BCUT2D eigenvalue weighted by Crippen LogP contribution is -2.12. The van der Waals surface area contributed by atoms with Crippen LogP contribution in [-0.4, -0.2) is 28.1 Å². The molecule has 7 heteroatoms. The standard InChI is InChI=1S/C13H19N5OS/c1-8(2)19-13-17-11(14-4)16-12(18-13)15-7-10-6-5-9(3)20-10/h5-6,8H,7H2,1-4H3,(H2,14,15,16,17,18). The second-order valence-electron chi connectivity index (χ2n) is 4.55. The van der Waals surface area contributed by atoms with E-state index in [-0.39, 0.29) is 6.10 Å². The number of thiophene rings is 1. The minimum atomic E-state index is 0.0231. The van der Waals surface area contributed by atoms with Crippen molar-refractivity contribution in [3.05, 3.63) is 21.9 Å². The Balaban J connectivity index is 2.09. The monoisotopic (exact) mass is 293 g/mol. The average molecular weight is 293 g/mol. The molecule has 2 aromatic heterocycles. The zero-order valence-corrected chi connectivity index (χ0v) is 12.9. The van der Waals surface area contributed by atoms with Crippen LogP contribution in [0.25, 0.3) is 0 Å². The Kier molecular flexibility index (Phi) is 4.73. The normalized spacial score (nSPS) is 10.7. The molecule has 0 aliphatic carbocycles. The lowest BCUT2D eigenvalue weighted by Gasteiger charge is -2.10. The molecule has 108 valence electrons. The summed E-state index contributed by atoms with van der Waals surface area (Å²) in [4.78, 5) is 15.2. The van der Waals surface area contributed by atoms with Crippen molar-refractivity contribution in [3.8, 4) is 6.01 Å². The van der Waals surface area contributed by atoms with Crippen LogP contribution in [0.3, 0.4) is 0 Å². The Labute approximate surface area is 122 Å². The van der Waals surface area contributed by atoms with Gasteiger partial charge in [0.05, 0.1) is 12.6 Å². The SMILES string of the molecule is CNc1nc(NCc2ccc(C)s2)nc(OC(C)C)n1. The van der Waals surface area contributed by atoms with Crippen molar-refractivity contribution in [2.45, 2.75) is 33.4 Å². The van der Waals surface area contributed by atoms with Crippen LogP contribution in [0.15, 0.2) is 12.1 Å². The Morgan fingerprint density at radius 2 is 1.95 bits per heavy atom. The number of hydrogen-bond donors (Lipinski definition) is 2. The maximum absolute atomic E-state index is 5.51. The predicted molar refractivity (Wildman–Crippen MR) is 81.5 cm³/mol.